The van der Waals surface area contributed by atoms with Crippen molar-refractivity contribution in [2.24, 2.45) is 0 Å². The van der Waals surface area contributed by atoms with Gasteiger partial charge < -0.3 is 4.90 Å². The van der Waals surface area contributed by atoms with Gasteiger partial charge in [0, 0.05) is 18.7 Å². The minimum atomic E-state index is 0.522. The standard InChI is InChI=1S/C12H20BrN3/c1-4-6-7-16(10(3)5-2)12-8-11(13)14-9-15-12/h8-10H,4-7H2,1-3H3. The maximum absolute atomic E-state index is 4.35. The van der Waals surface area contributed by atoms with Crippen LogP contribution in [0.3, 0.4) is 0 Å². The van der Waals surface area contributed by atoms with E-state index >= 15 is 0 Å². The van der Waals surface area contributed by atoms with Gasteiger partial charge in [0.25, 0.3) is 0 Å². The van der Waals surface area contributed by atoms with Crippen LogP contribution in [0, 0.1) is 0 Å². The average Bonchev–Trinajstić information content (AvgIpc) is 2.29. The number of rotatable bonds is 6. The van der Waals surface area contributed by atoms with Gasteiger partial charge >= 0.3 is 0 Å². The molecule has 0 saturated heterocycles. The molecule has 1 aromatic rings. The summed E-state index contributed by atoms with van der Waals surface area (Å²) in [5.41, 5.74) is 0. The van der Waals surface area contributed by atoms with Crippen molar-refractivity contribution >= 4 is 21.7 Å². The highest BCUT2D eigenvalue weighted by Crippen LogP contribution is 2.19. The van der Waals surface area contributed by atoms with Gasteiger partial charge in [-0.15, -0.1) is 0 Å². The lowest BCUT2D eigenvalue weighted by molar-refractivity contribution is 0.589. The fourth-order valence-corrected chi connectivity index (χ4v) is 1.89. The Bertz CT molecular complexity index is 317. The van der Waals surface area contributed by atoms with Crippen LogP contribution in [0.1, 0.15) is 40.0 Å². The zero-order valence-corrected chi connectivity index (χ0v) is 11.9. The molecule has 0 aromatic carbocycles. The van der Waals surface area contributed by atoms with Crippen LogP contribution in [0.25, 0.3) is 0 Å². The van der Waals surface area contributed by atoms with Gasteiger partial charge in [0.2, 0.25) is 0 Å². The maximum atomic E-state index is 4.35. The van der Waals surface area contributed by atoms with Gasteiger partial charge in [-0.05, 0) is 35.7 Å². The maximum Gasteiger partial charge on any atom is 0.133 e. The van der Waals surface area contributed by atoms with E-state index in [9.17, 15) is 0 Å². The Balaban J connectivity index is 2.82. The first-order chi connectivity index (χ1) is 7.69. The molecule has 0 bridgehead atoms. The molecule has 0 saturated carbocycles. The molecular formula is C12H20BrN3. The molecule has 0 radical (unpaired) electrons. The van der Waals surface area contributed by atoms with E-state index in [-0.39, 0.29) is 0 Å². The molecule has 0 aliphatic rings. The summed E-state index contributed by atoms with van der Waals surface area (Å²) in [5, 5.41) is 0. The second-order valence-electron chi connectivity index (χ2n) is 4.00. The van der Waals surface area contributed by atoms with Crippen molar-refractivity contribution in [3.63, 3.8) is 0 Å². The molecule has 3 nitrogen and oxygen atoms in total. The fraction of sp³-hybridized carbons (Fsp3) is 0.667. The van der Waals surface area contributed by atoms with Crippen molar-refractivity contribution in [1.82, 2.24) is 9.97 Å². The van der Waals surface area contributed by atoms with Gasteiger partial charge in [0.05, 0.1) is 0 Å². The Morgan fingerprint density at radius 2 is 2.12 bits per heavy atom. The highest BCUT2D eigenvalue weighted by atomic mass is 79.9. The second kappa shape index (κ2) is 6.84. The normalized spacial score (nSPS) is 12.5. The molecule has 1 rings (SSSR count). The van der Waals surface area contributed by atoms with Crippen LogP contribution in [0.4, 0.5) is 5.82 Å². The number of halogens is 1. The lowest BCUT2D eigenvalue weighted by Crippen LogP contribution is -2.34. The number of hydrogen-bond acceptors (Lipinski definition) is 3. The number of unbranched alkanes of at least 4 members (excludes halogenated alkanes) is 1. The lowest BCUT2D eigenvalue weighted by Gasteiger charge is -2.29. The van der Waals surface area contributed by atoms with Crippen molar-refractivity contribution in [3.8, 4) is 0 Å². The topological polar surface area (TPSA) is 29.0 Å². The summed E-state index contributed by atoms with van der Waals surface area (Å²) in [6.07, 6.45) is 5.15. The fourth-order valence-electron chi connectivity index (χ4n) is 1.59. The van der Waals surface area contributed by atoms with Crippen LogP contribution in [0.15, 0.2) is 17.0 Å². The minimum Gasteiger partial charge on any atom is -0.354 e. The van der Waals surface area contributed by atoms with Crippen LogP contribution in [-0.2, 0) is 0 Å². The summed E-state index contributed by atoms with van der Waals surface area (Å²) in [6.45, 7) is 7.73. The molecule has 0 fully saturated rings. The van der Waals surface area contributed by atoms with Crippen molar-refractivity contribution in [2.45, 2.75) is 46.1 Å². The lowest BCUT2D eigenvalue weighted by atomic mass is 10.2. The molecular weight excluding hydrogens is 266 g/mol. The first-order valence-electron chi connectivity index (χ1n) is 5.93. The smallest absolute Gasteiger partial charge is 0.133 e. The molecule has 4 heteroatoms. The molecule has 0 aliphatic heterocycles. The predicted octanol–water partition coefficient (Wildman–Crippen LogP) is 3.64. The van der Waals surface area contributed by atoms with E-state index in [4.69, 9.17) is 0 Å². The Morgan fingerprint density at radius 1 is 1.38 bits per heavy atom. The van der Waals surface area contributed by atoms with E-state index in [0.717, 1.165) is 23.4 Å². The monoisotopic (exact) mass is 285 g/mol. The van der Waals surface area contributed by atoms with Gasteiger partial charge in [-0.3, -0.25) is 0 Å². The zero-order valence-electron chi connectivity index (χ0n) is 10.3. The van der Waals surface area contributed by atoms with Crippen LogP contribution < -0.4 is 4.90 Å². The van der Waals surface area contributed by atoms with E-state index in [1.165, 1.54) is 12.8 Å². The van der Waals surface area contributed by atoms with E-state index in [1.807, 2.05) is 6.07 Å². The molecule has 16 heavy (non-hydrogen) atoms. The molecule has 0 spiro atoms. The highest BCUT2D eigenvalue weighted by molar-refractivity contribution is 9.10. The first-order valence-corrected chi connectivity index (χ1v) is 6.72. The minimum absolute atomic E-state index is 0.522. The summed E-state index contributed by atoms with van der Waals surface area (Å²) < 4.78 is 0.849. The third-order valence-corrected chi connectivity index (χ3v) is 3.22. The largest absolute Gasteiger partial charge is 0.354 e. The van der Waals surface area contributed by atoms with Crippen LogP contribution in [0.5, 0.6) is 0 Å². The van der Waals surface area contributed by atoms with E-state index in [0.29, 0.717) is 6.04 Å². The molecule has 1 heterocycles. The quantitative estimate of drug-likeness (QED) is 0.747. The highest BCUT2D eigenvalue weighted by Gasteiger charge is 2.13. The Labute approximate surface area is 106 Å². The van der Waals surface area contributed by atoms with E-state index in [2.05, 4.69) is 51.6 Å². The molecule has 1 unspecified atom stereocenters. The summed E-state index contributed by atoms with van der Waals surface area (Å²) >= 11 is 3.39. The van der Waals surface area contributed by atoms with Crippen molar-refractivity contribution in [2.75, 3.05) is 11.4 Å². The zero-order chi connectivity index (χ0) is 12.0. The predicted molar refractivity (Wildman–Crippen MR) is 71.7 cm³/mol. The number of hydrogen-bond donors (Lipinski definition) is 0. The van der Waals surface area contributed by atoms with Gasteiger partial charge in [0.1, 0.15) is 16.7 Å². The third-order valence-electron chi connectivity index (χ3n) is 2.79. The third kappa shape index (κ3) is 3.74. The van der Waals surface area contributed by atoms with Gasteiger partial charge in [-0.25, -0.2) is 9.97 Å². The van der Waals surface area contributed by atoms with Crippen LogP contribution >= 0.6 is 15.9 Å². The molecule has 0 N–H and O–H groups in total. The Kier molecular flexibility index (Phi) is 5.74. The Hall–Kier alpha value is -0.640. The van der Waals surface area contributed by atoms with Gasteiger partial charge in [-0.1, -0.05) is 20.3 Å². The summed E-state index contributed by atoms with van der Waals surface area (Å²) in [4.78, 5) is 10.8. The molecule has 1 atom stereocenters. The first kappa shape index (κ1) is 13.4. The summed E-state index contributed by atoms with van der Waals surface area (Å²) in [5.74, 6) is 1.02. The van der Waals surface area contributed by atoms with Crippen molar-refractivity contribution in [3.05, 3.63) is 17.0 Å². The summed E-state index contributed by atoms with van der Waals surface area (Å²) in [7, 11) is 0. The second-order valence-corrected chi connectivity index (χ2v) is 4.82. The number of anilines is 1. The van der Waals surface area contributed by atoms with Gasteiger partial charge in [-0.2, -0.15) is 0 Å². The van der Waals surface area contributed by atoms with Gasteiger partial charge in [0.15, 0.2) is 0 Å². The van der Waals surface area contributed by atoms with Crippen LogP contribution in [-0.4, -0.2) is 22.6 Å². The van der Waals surface area contributed by atoms with Crippen LogP contribution in [0.2, 0.25) is 0 Å². The van der Waals surface area contributed by atoms with Crippen molar-refractivity contribution in [1.29, 1.82) is 0 Å². The summed E-state index contributed by atoms with van der Waals surface area (Å²) in [6, 6.07) is 2.51. The van der Waals surface area contributed by atoms with E-state index < -0.39 is 0 Å². The number of aromatic nitrogens is 2. The van der Waals surface area contributed by atoms with Crippen molar-refractivity contribution < 1.29 is 0 Å². The van der Waals surface area contributed by atoms with E-state index in [1.54, 1.807) is 6.33 Å². The molecule has 90 valence electrons. The number of nitrogens with zero attached hydrogens (tertiary/aromatic N) is 3. The average molecular weight is 286 g/mol. The molecule has 1 aromatic heterocycles. The Morgan fingerprint density at radius 3 is 2.69 bits per heavy atom. The molecule has 0 aliphatic carbocycles. The molecule has 0 amide bonds. The SMILES string of the molecule is CCCCN(c1cc(Br)ncn1)C(C)CC.